The zero-order valence-corrected chi connectivity index (χ0v) is 20.3. The summed E-state index contributed by atoms with van der Waals surface area (Å²) >= 11 is 1.43. The minimum Gasteiger partial charge on any atom is -0.371 e. The Hall–Kier alpha value is -2.62. The number of rotatable bonds is 4. The van der Waals surface area contributed by atoms with Crippen LogP contribution in [0.25, 0.3) is 10.1 Å². The second-order valence-corrected chi connectivity index (χ2v) is 9.92. The normalized spacial score (nSPS) is 17.7. The Bertz CT molecular complexity index is 1070. The second-order valence-electron chi connectivity index (χ2n) is 8.84. The highest BCUT2D eigenvalue weighted by Crippen LogP contribution is 2.31. The van der Waals surface area contributed by atoms with E-state index < -0.39 is 11.7 Å². The maximum atomic E-state index is 12.6. The highest BCUT2D eigenvalue weighted by Gasteiger charge is 2.30. The number of benzene rings is 2. The van der Waals surface area contributed by atoms with E-state index in [4.69, 9.17) is 10.6 Å². The second kappa shape index (κ2) is 11.4. The molecule has 188 valence electrons. The predicted molar refractivity (Wildman–Crippen MR) is 134 cm³/mol. The summed E-state index contributed by atoms with van der Waals surface area (Å²) in [6, 6.07) is 15.1. The summed E-state index contributed by atoms with van der Waals surface area (Å²) in [7, 11) is 0. The monoisotopic (exact) mass is 505 g/mol. The molecular weight excluding hydrogens is 475 g/mol. The average molecular weight is 506 g/mol. The van der Waals surface area contributed by atoms with Crippen LogP contribution in [0.3, 0.4) is 0 Å². The van der Waals surface area contributed by atoms with Gasteiger partial charge in [0.1, 0.15) is 0 Å². The molecule has 0 unspecified atom stereocenters. The number of amides is 1. The maximum Gasteiger partial charge on any atom is 0.416 e. The number of nitrogens with two attached hydrogens (primary N) is 1. The first kappa shape index (κ1) is 25.5. The van der Waals surface area contributed by atoms with E-state index in [9.17, 15) is 18.0 Å². The molecule has 0 bridgehead atoms. The first-order chi connectivity index (χ1) is 16.8. The quantitative estimate of drug-likeness (QED) is 0.466. The van der Waals surface area contributed by atoms with Gasteiger partial charge in [0.15, 0.2) is 0 Å². The molecule has 2 N–H and O–H groups in total. The van der Waals surface area contributed by atoms with Crippen LogP contribution in [-0.4, -0.2) is 43.3 Å². The molecule has 1 aromatic heterocycles. The molecular formula is C26H30F3N3O2S. The lowest BCUT2D eigenvalue weighted by Crippen LogP contribution is -2.41. The van der Waals surface area contributed by atoms with Crippen molar-refractivity contribution < 1.29 is 22.8 Å². The summed E-state index contributed by atoms with van der Waals surface area (Å²) in [5, 5.41) is 3.17. The van der Waals surface area contributed by atoms with Crippen molar-refractivity contribution >= 4 is 33.0 Å². The number of carbonyl (C=O) groups excluding carboxylic acids is 1. The Morgan fingerprint density at radius 1 is 0.943 bits per heavy atom. The fourth-order valence-electron chi connectivity index (χ4n) is 4.37. The number of anilines is 1. The van der Waals surface area contributed by atoms with E-state index in [2.05, 4.69) is 9.96 Å². The molecule has 0 saturated carbocycles. The third-order valence-corrected chi connectivity index (χ3v) is 7.41. The molecule has 2 aliphatic heterocycles. The molecule has 5 rings (SSSR count). The third kappa shape index (κ3) is 6.96. The predicted octanol–water partition coefficient (Wildman–Crippen LogP) is 6.09. The van der Waals surface area contributed by atoms with Crippen LogP contribution in [0.1, 0.15) is 47.3 Å². The van der Waals surface area contributed by atoms with Crippen molar-refractivity contribution in [2.24, 2.45) is 5.73 Å². The fraction of sp³-hybridized carbons (Fsp3) is 0.423. The smallest absolute Gasteiger partial charge is 0.371 e. The van der Waals surface area contributed by atoms with Crippen LogP contribution < -0.4 is 10.6 Å². The molecule has 2 aliphatic rings. The number of hydrogen-bond acceptors (Lipinski definition) is 5. The van der Waals surface area contributed by atoms with Gasteiger partial charge in [-0.15, -0.1) is 11.3 Å². The molecule has 0 aliphatic carbocycles. The number of thiophene rings is 1. The zero-order chi connectivity index (χ0) is 24.8. The number of nitrogens with zero attached hydrogens (tertiary/aromatic N) is 2. The molecule has 9 heteroatoms. The molecule has 0 radical (unpaired) electrons. The molecule has 2 saturated heterocycles. The first-order valence-electron chi connectivity index (χ1n) is 11.9. The van der Waals surface area contributed by atoms with Gasteiger partial charge in [-0.2, -0.15) is 18.2 Å². The van der Waals surface area contributed by atoms with E-state index in [-0.39, 0.29) is 12.0 Å². The summed E-state index contributed by atoms with van der Waals surface area (Å²) in [5.74, 6) is -0.351. The van der Waals surface area contributed by atoms with E-state index in [1.165, 1.54) is 30.6 Å². The molecule has 5 nitrogen and oxygen atoms in total. The van der Waals surface area contributed by atoms with Crippen LogP contribution in [0, 0.1) is 0 Å². The Balaban J connectivity index is 0.000000201. The van der Waals surface area contributed by atoms with Gasteiger partial charge in [0, 0.05) is 36.6 Å². The van der Waals surface area contributed by atoms with Crippen molar-refractivity contribution in [3.63, 3.8) is 0 Å². The number of piperidine rings is 2. The Morgan fingerprint density at radius 3 is 2.20 bits per heavy atom. The van der Waals surface area contributed by atoms with Crippen LogP contribution in [0.4, 0.5) is 18.9 Å². The maximum absolute atomic E-state index is 12.6. The number of hydrogen-bond donors (Lipinski definition) is 1. The number of hydroxylamine groups is 2. The lowest BCUT2D eigenvalue weighted by Gasteiger charge is -2.36. The van der Waals surface area contributed by atoms with E-state index in [1.807, 2.05) is 30.3 Å². The van der Waals surface area contributed by atoms with Crippen LogP contribution in [0.15, 0.2) is 54.6 Å². The van der Waals surface area contributed by atoms with Gasteiger partial charge in [-0.25, -0.2) is 0 Å². The van der Waals surface area contributed by atoms with E-state index in [0.717, 1.165) is 66.9 Å². The van der Waals surface area contributed by atoms with Gasteiger partial charge < -0.3 is 10.6 Å². The lowest BCUT2D eigenvalue weighted by atomic mass is 10.1. The standard InChI is InChI=1S/C17H23F3N2O.C9H7NOS/c18-17(19,20)14-4-6-15(7-5-14)21-12-8-16(9-13-21)23-22-10-2-1-3-11-22;10-9(11)8-5-6-3-1-2-4-7(6)12-8/h4-7,16H,1-3,8-13H2;1-5H,(H2,10,11). The van der Waals surface area contributed by atoms with Crippen LogP contribution in [0.2, 0.25) is 0 Å². The van der Waals surface area contributed by atoms with Gasteiger partial charge in [0.25, 0.3) is 5.91 Å². The first-order valence-corrected chi connectivity index (χ1v) is 12.7. The van der Waals surface area contributed by atoms with E-state index in [1.54, 1.807) is 12.1 Å². The topological polar surface area (TPSA) is 58.8 Å². The molecule has 3 aromatic rings. The molecule has 3 heterocycles. The minimum atomic E-state index is -4.27. The average Bonchev–Trinajstić information content (AvgIpc) is 3.30. The summed E-state index contributed by atoms with van der Waals surface area (Å²) in [6.45, 7) is 3.67. The zero-order valence-electron chi connectivity index (χ0n) is 19.5. The molecule has 1 amide bonds. The SMILES string of the molecule is FC(F)(F)c1ccc(N2CCC(ON3CCCCC3)CC2)cc1.NC(=O)c1cc2ccccc2s1. The van der Waals surface area contributed by atoms with Gasteiger partial charge in [-0.05, 0) is 67.5 Å². The highest BCUT2D eigenvalue weighted by molar-refractivity contribution is 7.20. The van der Waals surface area contributed by atoms with Crippen LogP contribution >= 0.6 is 11.3 Å². The Morgan fingerprint density at radius 2 is 1.60 bits per heavy atom. The molecule has 0 spiro atoms. The van der Waals surface area contributed by atoms with Crippen molar-refractivity contribution in [3.8, 4) is 0 Å². The summed E-state index contributed by atoms with van der Waals surface area (Å²) < 4.78 is 38.9. The largest absolute Gasteiger partial charge is 0.416 e. The minimum absolute atomic E-state index is 0.235. The third-order valence-electron chi connectivity index (χ3n) is 6.28. The highest BCUT2D eigenvalue weighted by atomic mass is 32.1. The Kier molecular flexibility index (Phi) is 8.30. The number of fused-ring (bicyclic) bond motifs is 1. The van der Waals surface area contributed by atoms with Gasteiger partial charge in [0.2, 0.25) is 0 Å². The Labute approximate surface area is 207 Å². The van der Waals surface area contributed by atoms with Crippen molar-refractivity contribution in [2.45, 2.75) is 44.4 Å². The number of carbonyl (C=O) groups is 1. The lowest BCUT2D eigenvalue weighted by molar-refractivity contribution is -0.209. The van der Waals surface area contributed by atoms with Crippen LogP contribution in [-0.2, 0) is 11.0 Å². The van der Waals surface area contributed by atoms with Crippen molar-refractivity contribution in [3.05, 3.63) is 65.0 Å². The van der Waals surface area contributed by atoms with Crippen molar-refractivity contribution in [1.82, 2.24) is 5.06 Å². The van der Waals surface area contributed by atoms with Crippen LogP contribution in [0.5, 0.6) is 0 Å². The van der Waals surface area contributed by atoms with Crippen molar-refractivity contribution in [1.29, 1.82) is 0 Å². The number of primary amides is 1. The molecule has 35 heavy (non-hydrogen) atoms. The van der Waals surface area contributed by atoms with E-state index in [0.29, 0.717) is 4.88 Å². The summed E-state index contributed by atoms with van der Waals surface area (Å²) in [4.78, 5) is 19.6. The fourth-order valence-corrected chi connectivity index (χ4v) is 5.28. The van der Waals surface area contributed by atoms with Crippen molar-refractivity contribution in [2.75, 3.05) is 31.1 Å². The van der Waals surface area contributed by atoms with Gasteiger partial charge in [-0.3, -0.25) is 9.63 Å². The molecule has 2 aromatic carbocycles. The van der Waals surface area contributed by atoms with Gasteiger partial charge >= 0.3 is 6.18 Å². The van der Waals surface area contributed by atoms with Gasteiger partial charge in [-0.1, -0.05) is 24.6 Å². The molecule has 0 atom stereocenters. The number of alkyl halides is 3. The molecule has 2 fully saturated rings. The van der Waals surface area contributed by atoms with E-state index >= 15 is 0 Å². The summed E-state index contributed by atoms with van der Waals surface area (Å²) in [5.41, 5.74) is 5.41. The number of halogens is 3. The van der Waals surface area contributed by atoms with Gasteiger partial charge in [0.05, 0.1) is 16.5 Å². The summed E-state index contributed by atoms with van der Waals surface area (Å²) in [6.07, 6.45) is 1.47.